The van der Waals surface area contributed by atoms with Crippen molar-refractivity contribution in [3.8, 4) is 11.5 Å². The van der Waals surface area contributed by atoms with Crippen LogP contribution in [0.1, 0.15) is 45.2 Å². The number of hydrogen-bond acceptors (Lipinski definition) is 3. The van der Waals surface area contributed by atoms with Crippen molar-refractivity contribution < 1.29 is 10.2 Å². The van der Waals surface area contributed by atoms with Crippen LogP contribution in [0.2, 0.25) is 5.02 Å². The minimum absolute atomic E-state index is 0.0453. The lowest BCUT2D eigenvalue weighted by molar-refractivity contribution is 0.404. The maximum Gasteiger partial charge on any atom is 0.194 e. The van der Waals surface area contributed by atoms with Gasteiger partial charge >= 0.3 is 0 Å². The van der Waals surface area contributed by atoms with Crippen molar-refractivity contribution >= 4 is 22.5 Å². The van der Waals surface area contributed by atoms with E-state index in [2.05, 4.69) is 0 Å². The molecular formula is C15H18ClNO3. The standard InChI is InChI=1S/C15H18ClNO3/c1-7(2)9-6-17(8(3)4)10-5-11(18)15(20)13(16)12(10)14(9)19/h5-8,18,20H,1-4H3. The molecule has 0 aliphatic heterocycles. The Morgan fingerprint density at radius 2 is 1.80 bits per heavy atom. The number of hydrogen-bond donors (Lipinski definition) is 2. The van der Waals surface area contributed by atoms with Crippen LogP contribution < -0.4 is 5.43 Å². The summed E-state index contributed by atoms with van der Waals surface area (Å²) in [5, 5.41) is 19.6. The molecular weight excluding hydrogens is 278 g/mol. The van der Waals surface area contributed by atoms with Crippen molar-refractivity contribution in [2.24, 2.45) is 0 Å². The van der Waals surface area contributed by atoms with Gasteiger partial charge in [-0.1, -0.05) is 25.4 Å². The third kappa shape index (κ3) is 2.14. The molecule has 0 amide bonds. The van der Waals surface area contributed by atoms with Gasteiger partial charge in [0.2, 0.25) is 0 Å². The van der Waals surface area contributed by atoms with Crippen LogP contribution >= 0.6 is 11.6 Å². The van der Waals surface area contributed by atoms with Crippen LogP contribution in [0.5, 0.6) is 11.5 Å². The Labute approximate surface area is 122 Å². The zero-order valence-corrected chi connectivity index (χ0v) is 12.7. The molecule has 0 saturated carbocycles. The molecule has 2 aromatic rings. The molecule has 5 heteroatoms. The van der Waals surface area contributed by atoms with Crippen molar-refractivity contribution in [2.45, 2.75) is 39.7 Å². The van der Waals surface area contributed by atoms with Crippen LogP contribution in [0, 0.1) is 0 Å². The summed E-state index contributed by atoms with van der Waals surface area (Å²) in [6.45, 7) is 7.82. The summed E-state index contributed by atoms with van der Waals surface area (Å²) in [6, 6.07) is 1.47. The molecule has 0 saturated heterocycles. The Morgan fingerprint density at radius 1 is 1.20 bits per heavy atom. The Bertz CT molecular complexity index is 732. The van der Waals surface area contributed by atoms with Crippen LogP contribution in [0.25, 0.3) is 10.9 Å². The van der Waals surface area contributed by atoms with Gasteiger partial charge in [0, 0.05) is 23.9 Å². The molecule has 0 fully saturated rings. The summed E-state index contributed by atoms with van der Waals surface area (Å²) in [5.74, 6) is -0.731. The lowest BCUT2D eigenvalue weighted by Crippen LogP contribution is -2.17. The second kappa shape index (κ2) is 5.02. The van der Waals surface area contributed by atoms with Gasteiger partial charge in [-0.15, -0.1) is 0 Å². The Morgan fingerprint density at radius 3 is 2.30 bits per heavy atom. The number of rotatable bonds is 2. The molecule has 1 aromatic carbocycles. The summed E-state index contributed by atoms with van der Waals surface area (Å²) < 4.78 is 1.89. The van der Waals surface area contributed by atoms with Crippen LogP contribution in [0.3, 0.4) is 0 Å². The SMILES string of the molecule is CC(C)c1cn(C(C)C)c2cc(O)c(O)c(Cl)c2c1=O. The van der Waals surface area contributed by atoms with E-state index in [9.17, 15) is 15.0 Å². The van der Waals surface area contributed by atoms with Gasteiger partial charge in [0.05, 0.1) is 15.9 Å². The number of halogens is 1. The van der Waals surface area contributed by atoms with E-state index in [0.717, 1.165) is 0 Å². The van der Waals surface area contributed by atoms with Gasteiger partial charge in [0.15, 0.2) is 16.9 Å². The minimum atomic E-state index is -0.451. The van der Waals surface area contributed by atoms with Crippen LogP contribution in [0.15, 0.2) is 17.1 Å². The second-order valence-electron chi connectivity index (χ2n) is 5.52. The Hall–Kier alpha value is -1.68. The van der Waals surface area contributed by atoms with E-state index in [4.69, 9.17) is 11.6 Å². The highest BCUT2D eigenvalue weighted by molar-refractivity contribution is 6.37. The highest BCUT2D eigenvalue weighted by Gasteiger charge is 2.19. The fourth-order valence-corrected chi connectivity index (χ4v) is 2.57. The largest absolute Gasteiger partial charge is 0.504 e. The zero-order valence-electron chi connectivity index (χ0n) is 11.9. The number of fused-ring (bicyclic) bond motifs is 1. The van der Waals surface area contributed by atoms with Crippen molar-refractivity contribution in [2.75, 3.05) is 0 Å². The topological polar surface area (TPSA) is 62.5 Å². The van der Waals surface area contributed by atoms with Crippen molar-refractivity contribution in [1.29, 1.82) is 0 Å². The first-order chi connectivity index (χ1) is 9.25. The van der Waals surface area contributed by atoms with Gasteiger partial charge in [-0.3, -0.25) is 4.79 Å². The van der Waals surface area contributed by atoms with Gasteiger partial charge in [-0.05, 0) is 19.8 Å². The normalized spacial score (nSPS) is 11.8. The summed E-state index contributed by atoms with van der Waals surface area (Å²) in [6.07, 6.45) is 1.80. The third-order valence-corrected chi connectivity index (χ3v) is 3.79. The summed E-state index contributed by atoms with van der Waals surface area (Å²) in [7, 11) is 0. The number of phenolic OH excluding ortho intramolecular Hbond substituents is 2. The van der Waals surface area contributed by atoms with E-state index in [1.165, 1.54) is 6.07 Å². The molecule has 2 rings (SSSR count). The lowest BCUT2D eigenvalue weighted by atomic mass is 10.0. The molecule has 0 unspecified atom stereocenters. The molecule has 0 spiro atoms. The first kappa shape index (κ1) is 14.7. The molecule has 108 valence electrons. The highest BCUT2D eigenvalue weighted by atomic mass is 35.5. The molecule has 0 aliphatic rings. The fraction of sp³-hybridized carbons (Fsp3) is 0.400. The Kier molecular flexibility index (Phi) is 3.69. The van der Waals surface area contributed by atoms with Gasteiger partial charge in [-0.25, -0.2) is 0 Å². The number of phenols is 2. The van der Waals surface area contributed by atoms with Crippen LogP contribution in [-0.2, 0) is 0 Å². The maximum atomic E-state index is 12.5. The first-order valence-electron chi connectivity index (χ1n) is 6.54. The molecule has 4 nitrogen and oxygen atoms in total. The van der Waals surface area contributed by atoms with Gasteiger partial charge in [-0.2, -0.15) is 0 Å². The molecule has 1 aromatic heterocycles. The average molecular weight is 296 g/mol. The predicted octanol–water partition coefficient (Wildman–Crippen LogP) is 3.77. The third-order valence-electron chi connectivity index (χ3n) is 3.42. The van der Waals surface area contributed by atoms with Crippen LogP contribution in [-0.4, -0.2) is 14.8 Å². The zero-order chi connectivity index (χ0) is 15.2. The predicted molar refractivity (Wildman–Crippen MR) is 81.0 cm³/mol. The molecule has 2 N–H and O–H groups in total. The van der Waals surface area contributed by atoms with Gasteiger partial charge in [0.25, 0.3) is 0 Å². The smallest absolute Gasteiger partial charge is 0.194 e. The van der Waals surface area contributed by atoms with E-state index in [-0.39, 0.29) is 33.5 Å². The molecule has 0 radical (unpaired) electrons. The monoisotopic (exact) mass is 295 g/mol. The van der Waals surface area contributed by atoms with E-state index in [1.807, 2.05) is 32.3 Å². The second-order valence-corrected chi connectivity index (χ2v) is 5.90. The molecule has 0 atom stereocenters. The highest BCUT2D eigenvalue weighted by Crippen LogP contribution is 2.39. The number of benzene rings is 1. The summed E-state index contributed by atoms with van der Waals surface area (Å²) >= 11 is 6.07. The maximum absolute atomic E-state index is 12.5. The number of aromatic nitrogens is 1. The van der Waals surface area contributed by atoms with E-state index >= 15 is 0 Å². The molecule has 0 aliphatic carbocycles. The van der Waals surface area contributed by atoms with Crippen molar-refractivity contribution in [3.63, 3.8) is 0 Å². The first-order valence-corrected chi connectivity index (χ1v) is 6.92. The molecule has 1 heterocycles. The van der Waals surface area contributed by atoms with Gasteiger partial charge in [0.1, 0.15) is 0 Å². The summed E-state index contributed by atoms with van der Waals surface area (Å²) in [4.78, 5) is 12.5. The number of aromatic hydroxyl groups is 2. The Balaban J connectivity index is 3.07. The van der Waals surface area contributed by atoms with E-state index in [0.29, 0.717) is 11.1 Å². The number of pyridine rings is 1. The summed E-state index contributed by atoms with van der Waals surface area (Å²) in [5.41, 5.74) is 0.958. The lowest BCUT2D eigenvalue weighted by Gasteiger charge is -2.19. The van der Waals surface area contributed by atoms with Crippen molar-refractivity contribution in [3.05, 3.63) is 33.1 Å². The average Bonchev–Trinajstić information content (AvgIpc) is 2.35. The number of nitrogens with zero attached hydrogens (tertiary/aromatic N) is 1. The fourth-order valence-electron chi connectivity index (χ4n) is 2.29. The van der Waals surface area contributed by atoms with E-state index < -0.39 is 5.75 Å². The van der Waals surface area contributed by atoms with E-state index in [1.54, 1.807) is 6.20 Å². The molecule has 0 bridgehead atoms. The minimum Gasteiger partial charge on any atom is -0.504 e. The molecule has 20 heavy (non-hydrogen) atoms. The van der Waals surface area contributed by atoms with Crippen molar-refractivity contribution in [1.82, 2.24) is 4.57 Å². The van der Waals surface area contributed by atoms with Crippen LogP contribution in [0.4, 0.5) is 0 Å². The van der Waals surface area contributed by atoms with Gasteiger partial charge < -0.3 is 14.8 Å². The quantitative estimate of drug-likeness (QED) is 0.829.